The van der Waals surface area contributed by atoms with Gasteiger partial charge in [-0.05, 0) is 13.3 Å². The Hall–Kier alpha value is -0.626. The summed E-state index contributed by atoms with van der Waals surface area (Å²) in [6.45, 7) is 17.0. The Bertz CT molecular complexity index is 382. The van der Waals surface area contributed by atoms with Crippen molar-refractivity contribution < 1.29 is 19.1 Å². The molecule has 0 aliphatic rings. The van der Waals surface area contributed by atoms with Crippen molar-refractivity contribution in [2.24, 2.45) is 0 Å². The van der Waals surface area contributed by atoms with Gasteiger partial charge in [-0.3, -0.25) is 9.59 Å². The third-order valence-electron chi connectivity index (χ3n) is 4.52. The van der Waals surface area contributed by atoms with Crippen LogP contribution in [0.4, 0.5) is 0 Å². The van der Waals surface area contributed by atoms with Crippen molar-refractivity contribution in [1.82, 2.24) is 0 Å². The van der Waals surface area contributed by atoms with Gasteiger partial charge in [0.2, 0.25) is 0 Å². The third kappa shape index (κ3) is 4.95. The van der Waals surface area contributed by atoms with Gasteiger partial charge in [-0.15, -0.1) is 0 Å². The molecule has 0 saturated carbocycles. The molecule has 0 N–H and O–H groups in total. The van der Waals surface area contributed by atoms with Gasteiger partial charge in [-0.2, -0.15) is 0 Å². The Kier molecular flexibility index (Phi) is 6.88. The highest BCUT2D eigenvalue weighted by Crippen LogP contribution is 2.48. The maximum Gasteiger partial charge on any atom is 0.308 e. The van der Waals surface area contributed by atoms with E-state index in [-0.39, 0.29) is 17.5 Å². The van der Waals surface area contributed by atoms with Gasteiger partial charge in [0.15, 0.2) is 0 Å². The molecule has 0 aliphatic carbocycles. The average molecular weight is 333 g/mol. The van der Waals surface area contributed by atoms with E-state index >= 15 is 0 Å². The lowest BCUT2D eigenvalue weighted by molar-refractivity contribution is -0.146. The van der Waals surface area contributed by atoms with Crippen molar-refractivity contribution in [3.8, 4) is 0 Å². The number of rotatable bonds is 7. The molecule has 4 nitrogen and oxygen atoms in total. The zero-order valence-corrected chi connectivity index (χ0v) is 17.1. The molecule has 0 bridgehead atoms. The molecule has 124 valence electrons. The number of carbonyl (C=O) groups is 2. The standard InChI is InChI=1S/C15H32O4Si2/c1-10-19-13(16)12(20(4,5)6)11-15(2,14(17)18-3)21(7,8)9/h12H,10-11H2,1-9H3. The van der Waals surface area contributed by atoms with Crippen molar-refractivity contribution in [3.05, 3.63) is 0 Å². The van der Waals surface area contributed by atoms with Crippen LogP contribution in [-0.4, -0.2) is 41.8 Å². The van der Waals surface area contributed by atoms with E-state index in [2.05, 4.69) is 39.3 Å². The zero-order valence-electron chi connectivity index (χ0n) is 15.1. The highest BCUT2D eigenvalue weighted by molar-refractivity contribution is 6.83. The van der Waals surface area contributed by atoms with Crippen LogP contribution in [0.2, 0.25) is 49.9 Å². The van der Waals surface area contributed by atoms with Crippen LogP contribution in [0.1, 0.15) is 20.3 Å². The van der Waals surface area contributed by atoms with Crippen LogP contribution in [0.3, 0.4) is 0 Å². The first-order chi connectivity index (χ1) is 9.31. The maximum atomic E-state index is 12.4. The molecule has 0 aliphatic heterocycles. The molecule has 0 fully saturated rings. The number of carbonyl (C=O) groups excluding carboxylic acids is 2. The quantitative estimate of drug-likeness (QED) is 0.524. The van der Waals surface area contributed by atoms with Gasteiger partial charge >= 0.3 is 11.9 Å². The van der Waals surface area contributed by atoms with Crippen LogP contribution in [0, 0.1) is 0 Å². The van der Waals surface area contributed by atoms with Crippen LogP contribution >= 0.6 is 0 Å². The van der Waals surface area contributed by atoms with Crippen LogP contribution in [0.15, 0.2) is 0 Å². The number of methoxy groups -OCH3 is 1. The van der Waals surface area contributed by atoms with Gasteiger partial charge in [0, 0.05) is 0 Å². The second kappa shape index (κ2) is 7.09. The van der Waals surface area contributed by atoms with E-state index in [1.54, 1.807) is 0 Å². The first-order valence-corrected chi connectivity index (χ1v) is 14.6. The van der Waals surface area contributed by atoms with Gasteiger partial charge in [0.05, 0.1) is 40.4 Å². The summed E-state index contributed by atoms with van der Waals surface area (Å²) in [5.74, 6) is -0.362. The monoisotopic (exact) mass is 332 g/mol. The minimum Gasteiger partial charge on any atom is -0.469 e. The predicted molar refractivity (Wildman–Crippen MR) is 92.1 cm³/mol. The normalized spacial score (nSPS) is 16.8. The minimum atomic E-state index is -1.87. The Morgan fingerprint density at radius 1 is 1.10 bits per heavy atom. The largest absolute Gasteiger partial charge is 0.469 e. The summed E-state index contributed by atoms with van der Waals surface area (Å²) < 4.78 is 10.3. The lowest BCUT2D eigenvalue weighted by Crippen LogP contribution is -2.48. The summed E-state index contributed by atoms with van der Waals surface area (Å²) in [6, 6.07) is 0. The molecule has 0 radical (unpaired) electrons. The molecule has 0 amide bonds. The van der Waals surface area contributed by atoms with Crippen molar-refractivity contribution in [2.45, 2.75) is 70.1 Å². The molecule has 0 aromatic carbocycles. The van der Waals surface area contributed by atoms with Crippen LogP contribution in [-0.2, 0) is 19.1 Å². The zero-order chi connectivity index (χ0) is 17.1. The Morgan fingerprint density at radius 2 is 1.57 bits per heavy atom. The lowest BCUT2D eigenvalue weighted by Gasteiger charge is -2.42. The average Bonchev–Trinajstić information content (AvgIpc) is 2.31. The van der Waals surface area contributed by atoms with Gasteiger partial charge in [0.25, 0.3) is 0 Å². The van der Waals surface area contributed by atoms with Crippen LogP contribution in [0.5, 0.6) is 0 Å². The van der Waals surface area contributed by atoms with Gasteiger partial charge in [-0.1, -0.05) is 46.2 Å². The first-order valence-electron chi connectivity index (χ1n) is 7.56. The van der Waals surface area contributed by atoms with E-state index in [0.29, 0.717) is 13.0 Å². The maximum absolute atomic E-state index is 12.4. The summed E-state index contributed by atoms with van der Waals surface area (Å²) in [5.41, 5.74) is -0.187. The molecule has 2 unspecified atom stereocenters. The number of hydrogen-bond donors (Lipinski definition) is 0. The second-order valence-corrected chi connectivity index (χ2v) is 19.0. The smallest absolute Gasteiger partial charge is 0.308 e. The first kappa shape index (κ1) is 20.4. The Balaban J connectivity index is 5.64. The molecule has 6 heteroatoms. The lowest BCUT2D eigenvalue weighted by atomic mass is 10.0. The summed E-state index contributed by atoms with van der Waals surface area (Å²) >= 11 is 0. The van der Waals surface area contributed by atoms with E-state index in [9.17, 15) is 9.59 Å². The summed E-state index contributed by atoms with van der Waals surface area (Å²) in [7, 11) is -2.23. The van der Waals surface area contributed by atoms with E-state index in [1.165, 1.54) is 7.11 Å². The molecule has 0 aromatic heterocycles. The molecular formula is C15H32O4Si2. The molecule has 0 saturated heterocycles. The highest BCUT2D eigenvalue weighted by atomic mass is 28.3. The fourth-order valence-electron chi connectivity index (χ4n) is 2.32. The third-order valence-corrected chi connectivity index (χ3v) is 10.8. The summed E-state index contributed by atoms with van der Waals surface area (Å²) in [6.07, 6.45) is 0.532. The van der Waals surface area contributed by atoms with Gasteiger partial charge in [-0.25, -0.2) is 0 Å². The van der Waals surface area contributed by atoms with Gasteiger partial charge in [0.1, 0.15) is 0 Å². The number of esters is 2. The topological polar surface area (TPSA) is 52.6 Å². The molecule has 0 spiro atoms. The highest BCUT2D eigenvalue weighted by Gasteiger charge is 2.51. The van der Waals surface area contributed by atoms with Crippen LogP contribution < -0.4 is 0 Å². The fraction of sp³-hybridized carbons (Fsp3) is 0.867. The van der Waals surface area contributed by atoms with Gasteiger partial charge < -0.3 is 9.47 Å². The van der Waals surface area contributed by atoms with Crippen molar-refractivity contribution >= 4 is 28.1 Å². The molecule has 0 aromatic rings. The summed E-state index contributed by atoms with van der Waals surface area (Å²) in [5, 5.41) is -0.584. The number of hydrogen-bond acceptors (Lipinski definition) is 4. The van der Waals surface area contributed by atoms with E-state index < -0.39 is 21.2 Å². The van der Waals surface area contributed by atoms with Crippen molar-refractivity contribution in [1.29, 1.82) is 0 Å². The minimum absolute atomic E-state index is 0.162. The Labute approximate surface area is 131 Å². The summed E-state index contributed by atoms with van der Waals surface area (Å²) in [4.78, 5) is 24.8. The second-order valence-electron chi connectivity index (χ2n) is 7.95. The molecule has 0 heterocycles. The van der Waals surface area contributed by atoms with E-state index in [1.807, 2.05) is 13.8 Å². The molecular weight excluding hydrogens is 300 g/mol. The fourth-order valence-corrected chi connectivity index (χ4v) is 5.86. The molecule has 0 rings (SSSR count). The van der Waals surface area contributed by atoms with Crippen molar-refractivity contribution in [3.63, 3.8) is 0 Å². The molecule has 2 atom stereocenters. The van der Waals surface area contributed by atoms with E-state index in [0.717, 1.165) is 0 Å². The van der Waals surface area contributed by atoms with Crippen LogP contribution in [0.25, 0.3) is 0 Å². The van der Waals surface area contributed by atoms with Crippen molar-refractivity contribution in [2.75, 3.05) is 13.7 Å². The van der Waals surface area contributed by atoms with E-state index in [4.69, 9.17) is 9.47 Å². The molecule has 21 heavy (non-hydrogen) atoms. The number of ether oxygens (including phenoxy) is 2. The Morgan fingerprint density at radius 3 is 1.86 bits per heavy atom. The predicted octanol–water partition coefficient (Wildman–Crippen LogP) is 3.92. The SMILES string of the molecule is CCOC(=O)C(CC(C)(C(=O)OC)[Si](C)(C)C)[Si](C)(C)C.